The van der Waals surface area contributed by atoms with Gasteiger partial charge < -0.3 is 24.5 Å². The molecule has 11 nitrogen and oxygen atoms in total. The van der Waals surface area contributed by atoms with Gasteiger partial charge in [-0.2, -0.15) is 4.31 Å². The summed E-state index contributed by atoms with van der Waals surface area (Å²) in [5.41, 5.74) is 0.341. The summed E-state index contributed by atoms with van der Waals surface area (Å²) >= 11 is 0. The van der Waals surface area contributed by atoms with E-state index in [1.165, 1.54) is 40.9 Å². The first-order chi connectivity index (χ1) is 16.2. The third-order valence-electron chi connectivity index (χ3n) is 5.04. The van der Waals surface area contributed by atoms with Crippen LogP contribution < -0.4 is 10.6 Å². The molecule has 0 saturated carbocycles. The number of carbonyl (C=O) groups is 3. The van der Waals surface area contributed by atoms with Gasteiger partial charge in [0.25, 0.3) is 11.8 Å². The fraction of sp³-hybridized carbons (Fsp3) is 0.409. The molecule has 1 aromatic carbocycles. The van der Waals surface area contributed by atoms with Gasteiger partial charge in [-0.05, 0) is 42.3 Å². The molecule has 1 atom stereocenters. The van der Waals surface area contributed by atoms with Crippen molar-refractivity contribution in [3.63, 3.8) is 0 Å². The Morgan fingerprint density at radius 1 is 1.09 bits per heavy atom. The van der Waals surface area contributed by atoms with E-state index in [0.29, 0.717) is 18.9 Å². The Kier molecular flexibility index (Phi) is 8.42. The Morgan fingerprint density at radius 3 is 2.35 bits per heavy atom. The number of sulfonamides is 1. The molecule has 1 fully saturated rings. The van der Waals surface area contributed by atoms with Crippen molar-refractivity contribution in [2.75, 3.05) is 38.2 Å². The van der Waals surface area contributed by atoms with Crippen molar-refractivity contribution < 1.29 is 36.7 Å². The Bertz CT molecular complexity index is 1090. The van der Waals surface area contributed by atoms with Crippen LogP contribution in [0.4, 0.5) is 5.69 Å². The fourth-order valence-electron chi connectivity index (χ4n) is 3.19. The molecule has 1 saturated heterocycles. The van der Waals surface area contributed by atoms with E-state index in [1.807, 2.05) is 0 Å². The van der Waals surface area contributed by atoms with E-state index in [0.717, 1.165) is 0 Å². The minimum Gasteiger partial charge on any atom is -0.459 e. The van der Waals surface area contributed by atoms with Crippen LogP contribution in [-0.2, 0) is 29.1 Å². The molecule has 3 rings (SSSR count). The van der Waals surface area contributed by atoms with Gasteiger partial charge in [0.05, 0.1) is 24.4 Å². The standard InChI is InChI=1S/C22H27N3O8S/c1-15(2)20(24-21(27)18-4-3-11-32-18)22(28)33-14-19(26)23-16-5-7-17(8-6-16)34(29,30)25-9-12-31-13-10-25/h3-8,11,15,20H,9-10,12-14H2,1-2H3,(H,23,26)(H,24,27). The summed E-state index contributed by atoms with van der Waals surface area (Å²) in [6.45, 7) is 4.12. The molecule has 1 aromatic heterocycles. The number of amides is 2. The Balaban J connectivity index is 1.52. The summed E-state index contributed by atoms with van der Waals surface area (Å²) in [5, 5.41) is 5.07. The topological polar surface area (TPSA) is 144 Å². The third kappa shape index (κ3) is 6.43. The van der Waals surface area contributed by atoms with Gasteiger partial charge in [-0.15, -0.1) is 0 Å². The van der Waals surface area contributed by atoms with Gasteiger partial charge in [0.15, 0.2) is 12.4 Å². The normalized spacial score (nSPS) is 15.5. The molecular formula is C22H27N3O8S. The highest BCUT2D eigenvalue weighted by Crippen LogP contribution is 2.19. The molecule has 12 heteroatoms. The van der Waals surface area contributed by atoms with Crippen LogP contribution in [0.3, 0.4) is 0 Å². The van der Waals surface area contributed by atoms with Crippen LogP contribution in [0.25, 0.3) is 0 Å². The second-order valence-electron chi connectivity index (χ2n) is 7.87. The summed E-state index contributed by atoms with van der Waals surface area (Å²) < 4.78 is 41.9. The Labute approximate surface area is 197 Å². The van der Waals surface area contributed by atoms with Crippen LogP contribution in [0.15, 0.2) is 52.0 Å². The van der Waals surface area contributed by atoms with E-state index in [1.54, 1.807) is 19.9 Å². The average Bonchev–Trinajstić information content (AvgIpc) is 3.37. The lowest BCUT2D eigenvalue weighted by Crippen LogP contribution is -2.45. The van der Waals surface area contributed by atoms with Crippen LogP contribution in [0.1, 0.15) is 24.4 Å². The van der Waals surface area contributed by atoms with E-state index in [4.69, 9.17) is 13.9 Å². The Morgan fingerprint density at radius 2 is 1.76 bits per heavy atom. The molecule has 184 valence electrons. The number of furan rings is 1. The summed E-state index contributed by atoms with van der Waals surface area (Å²) in [5.74, 6) is -2.20. The van der Waals surface area contributed by atoms with Crippen molar-refractivity contribution in [1.82, 2.24) is 9.62 Å². The highest BCUT2D eigenvalue weighted by Gasteiger charge is 2.28. The zero-order valence-electron chi connectivity index (χ0n) is 18.9. The van der Waals surface area contributed by atoms with Crippen molar-refractivity contribution in [3.8, 4) is 0 Å². The summed E-state index contributed by atoms with van der Waals surface area (Å²) in [6, 6.07) is 7.72. The first-order valence-corrected chi connectivity index (χ1v) is 12.1. The van der Waals surface area contributed by atoms with Crippen LogP contribution in [0.5, 0.6) is 0 Å². The molecule has 34 heavy (non-hydrogen) atoms. The van der Waals surface area contributed by atoms with E-state index in [-0.39, 0.29) is 29.7 Å². The highest BCUT2D eigenvalue weighted by atomic mass is 32.2. The van der Waals surface area contributed by atoms with E-state index < -0.39 is 40.5 Å². The van der Waals surface area contributed by atoms with Crippen molar-refractivity contribution in [1.29, 1.82) is 0 Å². The largest absolute Gasteiger partial charge is 0.459 e. The second-order valence-corrected chi connectivity index (χ2v) is 9.81. The maximum atomic E-state index is 12.7. The summed E-state index contributed by atoms with van der Waals surface area (Å²) in [4.78, 5) is 36.9. The van der Waals surface area contributed by atoms with Crippen LogP contribution in [0, 0.1) is 5.92 Å². The molecule has 2 amide bonds. The van der Waals surface area contributed by atoms with Gasteiger partial charge in [-0.3, -0.25) is 9.59 Å². The maximum absolute atomic E-state index is 12.7. The van der Waals surface area contributed by atoms with Crippen molar-refractivity contribution in [3.05, 3.63) is 48.4 Å². The molecule has 0 aliphatic carbocycles. The number of carbonyl (C=O) groups excluding carboxylic acids is 3. The molecule has 2 heterocycles. The molecule has 2 aromatic rings. The van der Waals surface area contributed by atoms with Gasteiger partial charge >= 0.3 is 5.97 Å². The number of hydrogen-bond acceptors (Lipinski definition) is 8. The average molecular weight is 494 g/mol. The zero-order valence-corrected chi connectivity index (χ0v) is 19.7. The van der Waals surface area contributed by atoms with Gasteiger partial charge in [0, 0.05) is 18.8 Å². The monoisotopic (exact) mass is 493 g/mol. The lowest BCUT2D eigenvalue weighted by Gasteiger charge is -2.26. The quantitative estimate of drug-likeness (QED) is 0.497. The molecule has 1 aliphatic rings. The number of morpholine rings is 1. The van der Waals surface area contributed by atoms with Gasteiger partial charge in [-0.1, -0.05) is 13.8 Å². The van der Waals surface area contributed by atoms with Crippen LogP contribution in [-0.4, -0.2) is 69.5 Å². The van der Waals surface area contributed by atoms with Crippen LogP contribution >= 0.6 is 0 Å². The van der Waals surface area contributed by atoms with Gasteiger partial charge in [0.2, 0.25) is 10.0 Å². The van der Waals surface area contributed by atoms with E-state index >= 15 is 0 Å². The van der Waals surface area contributed by atoms with Gasteiger partial charge in [0.1, 0.15) is 6.04 Å². The predicted molar refractivity (Wildman–Crippen MR) is 120 cm³/mol. The lowest BCUT2D eigenvalue weighted by molar-refractivity contribution is -0.150. The smallest absolute Gasteiger partial charge is 0.329 e. The summed E-state index contributed by atoms with van der Waals surface area (Å²) in [6.07, 6.45) is 1.34. The number of hydrogen-bond donors (Lipinski definition) is 2. The number of esters is 1. The van der Waals surface area contributed by atoms with Crippen molar-refractivity contribution in [2.45, 2.75) is 24.8 Å². The molecule has 0 spiro atoms. The van der Waals surface area contributed by atoms with E-state index in [9.17, 15) is 22.8 Å². The maximum Gasteiger partial charge on any atom is 0.329 e. The van der Waals surface area contributed by atoms with Crippen molar-refractivity contribution >= 4 is 33.5 Å². The third-order valence-corrected chi connectivity index (χ3v) is 6.96. The fourth-order valence-corrected chi connectivity index (χ4v) is 4.60. The highest BCUT2D eigenvalue weighted by molar-refractivity contribution is 7.89. The minimum atomic E-state index is -3.64. The van der Waals surface area contributed by atoms with Crippen LogP contribution in [0.2, 0.25) is 0 Å². The minimum absolute atomic E-state index is 0.0512. The molecule has 0 bridgehead atoms. The molecule has 0 radical (unpaired) electrons. The first kappa shape index (κ1) is 25.4. The molecule has 1 unspecified atom stereocenters. The van der Waals surface area contributed by atoms with Gasteiger partial charge in [-0.25, -0.2) is 13.2 Å². The summed E-state index contributed by atoms with van der Waals surface area (Å²) in [7, 11) is -3.64. The van der Waals surface area contributed by atoms with E-state index in [2.05, 4.69) is 10.6 Å². The number of anilines is 1. The SMILES string of the molecule is CC(C)C(NC(=O)c1ccco1)C(=O)OCC(=O)Nc1ccc(S(=O)(=O)N2CCOCC2)cc1. The molecule has 2 N–H and O–H groups in total. The number of benzene rings is 1. The second kappa shape index (κ2) is 11.3. The number of nitrogens with zero attached hydrogens (tertiary/aromatic N) is 1. The molecular weight excluding hydrogens is 466 g/mol. The lowest BCUT2D eigenvalue weighted by atomic mass is 10.0. The molecule has 1 aliphatic heterocycles. The number of rotatable bonds is 9. The predicted octanol–water partition coefficient (Wildman–Crippen LogP) is 1.24. The first-order valence-electron chi connectivity index (χ1n) is 10.7. The Hall–Kier alpha value is -3.22. The number of nitrogens with one attached hydrogen (secondary N) is 2. The number of ether oxygens (including phenoxy) is 2. The van der Waals surface area contributed by atoms with Crippen molar-refractivity contribution in [2.24, 2.45) is 5.92 Å². The zero-order chi connectivity index (χ0) is 24.7.